The van der Waals surface area contributed by atoms with E-state index in [0.717, 1.165) is 4.90 Å². The molecule has 0 heterocycles. The van der Waals surface area contributed by atoms with E-state index in [9.17, 15) is 5.48 Å². The third kappa shape index (κ3) is 5.83. The highest BCUT2D eigenvalue weighted by molar-refractivity contribution is 5.98. The van der Waals surface area contributed by atoms with Crippen LogP contribution >= 0.6 is 0 Å². The lowest BCUT2D eigenvalue weighted by Gasteiger charge is -2.26. The molecule has 0 aromatic heterocycles. The maximum Gasteiger partial charge on any atom is 0.0645 e. The van der Waals surface area contributed by atoms with Crippen molar-refractivity contribution in [2.24, 2.45) is 0 Å². The quantitative estimate of drug-likeness (QED) is 0.171. The van der Waals surface area contributed by atoms with E-state index in [1.165, 1.54) is 12.1 Å². The van der Waals surface area contributed by atoms with Crippen LogP contribution in [0.15, 0.2) is 200 Å². The first kappa shape index (κ1) is 12.9. The SMILES string of the molecule is [2H]c1c([2H])c([2H])c(-c2c([2H])c([2H])c(N(c3ccc(-c4ccc5c(-c6c([2H])c([2H])c([2H])c([2H])c6[2H])cccc5c4)cc3)c3c([2H])c([2H])c(-c4c([2H])c([2H])c([2H])c([2H])c4[2H])c([2H])c3[2H])c([2H])c2[2H])c([2H])c1[2H]. The molecule has 0 aliphatic rings. The highest BCUT2D eigenvalue weighted by Gasteiger charge is 2.14. The number of anilines is 3. The van der Waals surface area contributed by atoms with Crippen molar-refractivity contribution in [3.05, 3.63) is 200 Å². The number of hydrogen-bond donors (Lipinski definition) is 0. The molecule has 222 valence electrons. The second-order valence-corrected chi connectivity index (χ2v) is 10.1. The average Bonchev–Trinajstić information content (AvgIpc) is 3.35. The minimum Gasteiger partial charge on any atom is -0.311 e. The van der Waals surface area contributed by atoms with Crippen LogP contribution in [0, 0.1) is 0 Å². The summed E-state index contributed by atoms with van der Waals surface area (Å²) in [6.45, 7) is 0. The second-order valence-electron chi connectivity index (χ2n) is 10.1. The van der Waals surface area contributed by atoms with E-state index in [0.29, 0.717) is 27.5 Å². The minimum absolute atomic E-state index is 0.0138. The monoisotopic (exact) mass is 622 g/mol. The van der Waals surface area contributed by atoms with Crippen molar-refractivity contribution in [2.75, 3.05) is 4.90 Å². The fourth-order valence-corrected chi connectivity index (χ4v) is 5.07. The van der Waals surface area contributed by atoms with Gasteiger partial charge in [0.15, 0.2) is 0 Å². The Kier molecular flexibility index (Phi) is 3.48. The molecule has 0 bridgehead atoms. The smallest absolute Gasteiger partial charge is 0.0645 e. The van der Waals surface area contributed by atoms with Crippen LogP contribution in [0.1, 0.15) is 31.5 Å². The summed E-state index contributed by atoms with van der Waals surface area (Å²) in [5, 5.41) is 1.19. The fourth-order valence-electron chi connectivity index (χ4n) is 5.07. The van der Waals surface area contributed by atoms with Crippen LogP contribution < -0.4 is 4.90 Å². The Morgan fingerprint density at radius 3 is 1.34 bits per heavy atom. The highest BCUT2D eigenvalue weighted by Crippen LogP contribution is 2.38. The summed E-state index contributed by atoms with van der Waals surface area (Å²) in [5.74, 6) is 0. The van der Waals surface area contributed by atoms with Gasteiger partial charge in [-0.1, -0.05) is 157 Å². The Hall–Kier alpha value is -6.18. The number of hydrogen-bond acceptors (Lipinski definition) is 1. The van der Waals surface area contributed by atoms with Crippen molar-refractivity contribution in [1.82, 2.24) is 0 Å². The molecule has 8 aromatic carbocycles. The van der Waals surface area contributed by atoms with E-state index in [1.54, 1.807) is 48.5 Å². The number of benzene rings is 8. The zero-order valence-corrected chi connectivity index (χ0v) is 24.2. The van der Waals surface area contributed by atoms with E-state index in [-0.39, 0.29) is 23.3 Å². The van der Waals surface area contributed by atoms with Crippen LogP contribution in [-0.2, 0) is 0 Å². The largest absolute Gasteiger partial charge is 0.311 e. The predicted molar refractivity (Wildman–Crippen MR) is 200 cm³/mol. The highest BCUT2D eigenvalue weighted by atomic mass is 15.1. The van der Waals surface area contributed by atoms with Gasteiger partial charge in [0.2, 0.25) is 0 Å². The molecule has 0 fully saturated rings. The molecule has 8 aromatic rings. The van der Waals surface area contributed by atoms with Crippen LogP contribution in [0.3, 0.4) is 0 Å². The van der Waals surface area contributed by atoms with Gasteiger partial charge in [-0.15, -0.1) is 0 Å². The van der Waals surface area contributed by atoms with Crippen LogP contribution in [0.2, 0.25) is 0 Å². The molecular weight excluding hydrogens is 567 g/mol. The van der Waals surface area contributed by atoms with Gasteiger partial charge in [-0.25, -0.2) is 0 Å². The zero-order valence-electron chi connectivity index (χ0n) is 47.2. The van der Waals surface area contributed by atoms with Gasteiger partial charge in [-0.3, -0.25) is 0 Å². The van der Waals surface area contributed by atoms with Crippen LogP contribution in [-0.4, -0.2) is 0 Å². The minimum atomic E-state index is -0.888. The Morgan fingerprint density at radius 1 is 0.340 bits per heavy atom. The fraction of sp³-hybridized carbons (Fsp3) is 0. The van der Waals surface area contributed by atoms with E-state index < -0.39 is 161 Å². The maximum absolute atomic E-state index is 9.32. The Morgan fingerprint density at radius 2 is 0.809 bits per heavy atom. The van der Waals surface area contributed by atoms with Gasteiger partial charge in [0.25, 0.3) is 0 Å². The van der Waals surface area contributed by atoms with Gasteiger partial charge in [-0.05, 0) is 97.6 Å². The standard InChI is InChI=1S/C46H33N/c1-4-11-34(12-5-1)36-19-26-42(27-20-36)47(43-28-21-37(22-29-43)35-13-6-2-7-14-35)44-30-23-38(24-31-44)40-25-32-46-41(33-40)17-10-18-45(46)39-15-8-3-9-16-39/h1-33H/i1D,2D,3D,4D,5D,6D,7D,8D,9D,11D,12D,13D,14D,15D,16D,19D,20D,21D,22D,26D,27D,28D,29D. The molecule has 0 atom stereocenters. The van der Waals surface area contributed by atoms with Gasteiger partial charge in [-0.2, -0.15) is 0 Å². The summed E-state index contributed by atoms with van der Waals surface area (Å²) in [6.07, 6.45) is 0. The summed E-state index contributed by atoms with van der Waals surface area (Å²) in [4.78, 5) is 0.926. The third-order valence-corrected chi connectivity index (χ3v) is 7.28. The topological polar surface area (TPSA) is 3.24 Å². The Bertz CT molecular complexity index is 3310. The molecule has 0 N–H and O–H groups in total. The van der Waals surface area contributed by atoms with Crippen LogP contribution in [0.4, 0.5) is 17.1 Å². The van der Waals surface area contributed by atoms with Gasteiger partial charge in [0, 0.05) is 17.1 Å². The molecule has 0 saturated heterocycles. The first-order chi connectivity index (χ1) is 32.9. The zero-order chi connectivity index (χ0) is 51.4. The van der Waals surface area contributed by atoms with Crippen molar-refractivity contribution < 1.29 is 31.5 Å². The summed E-state index contributed by atoms with van der Waals surface area (Å²) < 4.78 is 198. The Balaban J connectivity index is 1.36. The van der Waals surface area contributed by atoms with Crippen molar-refractivity contribution in [3.8, 4) is 44.5 Å². The van der Waals surface area contributed by atoms with Crippen molar-refractivity contribution in [1.29, 1.82) is 0 Å². The predicted octanol–water partition coefficient (Wildman–Crippen LogP) is 13.0. The number of rotatable bonds is 7. The molecule has 0 aliphatic heterocycles. The van der Waals surface area contributed by atoms with Gasteiger partial charge in [0.05, 0.1) is 31.5 Å². The van der Waals surface area contributed by atoms with E-state index in [1.807, 2.05) is 0 Å². The molecule has 0 amide bonds. The Labute approximate surface area is 309 Å². The van der Waals surface area contributed by atoms with Gasteiger partial charge in [0.1, 0.15) is 0 Å². The molecule has 0 unspecified atom stereocenters. The lowest BCUT2D eigenvalue weighted by molar-refractivity contribution is 1.28. The van der Waals surface area contributed by atoms with Crippen molar-refractivity contribution in [2.45, 2.75) is 0 Å². The number of nitrogens with zero attached hydrogens (tertiary/aromatic N) is 1. The van der Waals surface area contributed by atoms with Crippen molar-refractivity contribution in [3.63, 3.8) is 0 Å². The van der Waals surface area contributed by atoms with E-state index in [4.69, 9.17) is 26.0 Å². The molecular formula is C46H33N. The maximum atomic E-state index is 9.32. The molecule has 47 heavy (non-hydrogen) atoms. The molecule has 0 radical (unpaired) electrons. The summed E-state index contributed by atoms with van der Waals surface area (Å²) in [5.41, 5.74) is -2.40. The van der Waals surface area contributed by atoms with Gasteiger partial charge < -0.3 is 4.90 Å². The van der Waals surface area contributed by atoms with Crippen LogP contribution in [0.25, 0.3) is 55.3 Å². The number of fused-ring (bicyclic) bond motifs is 1. The molecule has 1 heteroatoms. The summed E-state index contributed by atoms with van der Waals surface area (Å²) in [6, 6.07) is -1.08. The van der Waals surface area contributed by atoms with E-state index >= 15 is 0 Å². The second kappa shape index (κ2) is 12.7. The summed E-state index contributed by atoms with van der Waals surface area (Å²) in [7, 11) is 0. The van der Waals surface area contributed by atoms with Crippen LogP contribution in [0.5, 0.6) is 0 Å². The average molecular weight is 623 g/mol. The lowest BCUT2D eigenvalue weighted by atomic mass is 9.95. The normalized spacial score (nSPS) is 17.8. The molecule has 0 saturated carbocycles. The summed E-state index contributed by atoms with van der Waals surface area (Å²) >= 11 is 0. The van der Waals surface area contributed by atoms with Gasteiger partial charge >= 0.3 is 0 Å². The molecule has 0 spiro atoms. The molecule has 0 aliphatic carbocycles. The molecule has 8 rings (SSSR count). The van der Waals surface area contributed by atoms with Crippen molar-refractivity contribution >= 4 is 27.8 Å². The molecule has 1 nitrogen and oxygen atoms in total. The van der Waals surface area contributed by atoms with E-state index in [2.05, 4.69) is 0 Å². The first-order valence-electron chi connectivity index (χ1n) is 25.7. The first-order valence-corrected chi connectivity index (χ1v) is 14.2. The third-order valence-electron chi connectivity index (χ3n) is 7.28. The lowest BCUT2D eigenvalue weighted by Crippen LogP contribution is -2.09.